The molecule has 0 amide bonds. The van der Waals surface area contributed by atoms with Crippen LogP contribution >= 0.6 is 15.2 Å². The van der Waals surface area contributed by atoms with Crippen molar-refractivity contribution in [3.63, 3.8) is 0 Å². The van der Waals surface area contributed by atoms with Gasteiger partial charge in [0.15, 0.2) is 42.9 Å². The second-order valence-corrected chi connectivity index (χ2v) is 15.4. The quantitative estimate of drug-likeness (QED) is 0.152. The Hall–Kier alpha value is -0.860. The second-order valence-electron chi connectivity index (χ2n) is 6.89. The Bertz CT molecular complexity index is 1090. The van der Waals surface area contributed by atoms with E-state index in [1.165, 1.54) is 27.7 Å². The first-order valence-corrected chi connectivity index (χ1v) is 17.4. The Morgan fingerprint density at radius 3 is 0.972 bits per heavy atom. The van der Waals surface area contributed by atoms with E-state index in [1.54, 1.807) is 0 Å². The highest BCUT2D eigenvalue weighted by Crippen LogP contribution is 2.49. The fraction of sp³-hybridized carbons (Fsp3) is 0.667. The summed E-state index contributed by atoms with van der Waals surface area (Å²) in [6.45, 7) is 5.06. The van der Waals surface area contributed by atoms with E-state index in [9.17, 15) is 43.5 Å². The number of halogens is 4. The lowest BCUT2D eigenvalue weighted by Crippen LogP contribution is -2.22. The molecule has 1 rings (SSSR count). The van der Waals surface area contributed by atoms with Gasteiger partial charge in [0.2, 0.25) is 0 Å². The minimum atomic E-state index is -5.19. The van der Waals surface area contributed by atoms with Crippen molar-refractivity contribution in [2.24, 2.45) is 0 Å². The largest absolute Gasteiger partial charge is 0.331 e. The molecule has 0 aliphatic rings. The Balaban J connectivity index is 3.46. The monoisotopic (exact) mass is 606 g/mol. The van der Waals surface area contributed by atoms with Gasteiger partial charge in [0, 0.05) is 0 Å². The van der Waals surface area contributed by atoms with Crippen LogP contribution in [0.15, 0.2) is 9.79 Å². The maximum atomic E-state index is 14.7. The van der Waals surface area contributed by atoms with E-state index < -0.39 is 91.8 Å². The first kappa shape index (κ1) is 33.2. The normalized spacial score (nSPS) is 13.3. The minimum absolute atomic E-state index is 0.157. The summed E-state index contributed by atoms with van der Waals surface area (Å²) in [5, 5.41) is 0. The average molecular weight is 606 g/mol. The molecule has 0 saturated heterocycles. The summed E-state index contributed by atoms with van der Waals surface area (Å²) in [5.74, 6) is -12.6. The Morgan fingerprint density at radius 1 is 0.556 bits per heavy atom. The number of rotatable bonds is 16. The third-order valence-corrected chi connectivity index (χ3v) is 12.6. The van der Waals surface area contributed by atoms with Gasteiger partial charge in [-0.25, -0.2) is 34.4 Å². The standard InChI is InChI=1S/C18H28F4O10P2S2/c1-5-29-33(23,30-6-2)9-11-35(25,26)17-13(19)15(21)18(16(22)14(17)20)36(27,28)12-10-34(24,31-7-3)32-8-4/h5-12H2,1-4H3. The highest BCUT2D eigenvalue weighted by molar-refractivity contribution is 7.92. The molecule has 1 aromatic carbocycles. The van der Waals surface area contributed by atoms with Crippen molar-refractivity contribution in [2.75, 3.05) is 50.3 Å². The third-order valence-electron chi connectivity index (χ3n) is 4.38. The predicted molar refractivity (Wildman–Crippen MR) is 122 cm³/mol. The molecule has 1 aromatic rings. The lowest BCUT2D eigenvalue weighted by atomic mass is 10.3. The van der Waals surface area contributed by atoms with Crippen molar-refractivity contribution in [3.05, 3.63) is 23.3 Å². The molecule has 0 aliphatic heterocycles. The van der Waals surface area contributed by atoms with Gasteiger partial charge in [-0.3, -0.25) is 9.13 Å². The number of hydrogen-bond donors (Lipinski definition) is 0. The highest BCUT2D eigenvalue weighted by atomic mass is 32.2. The smallest absolute Gasteiger partial charge is 0.309 e. The van der Waals surface area contributed by atoms with Gasteiger partial charge in [-0.1, -0.05) is 0 Å². The second kappa shape index (κ2) is 13.3. The van der Waals surface area contributed by atoms with Gasteiger partial charge < -0.3 is 18.1 Å². The highest BCUT2D eigenvalue weighted by Gasteiger charge is 2.39. The molecule has 0 unspecified atom stereocenters. The van der Waals surface area contributed by atoms with E-state index in [2.05, 4.69) is 0 Å². The van der Waals surface area contributed by atoms with Gasteiger partial charge in [-0.2, -0.15) is 0 Å². The van der Waals surface area contributed by atoms with Gasteiger partial charge in [0.05, 0.1) is 50.3 Å². The van der Waals surface area contributed by atoms with Crippen molar-refractivity contribution < 1.29 is 61.6 Å². The summed E-state index contributed by atoms with van der Waals surface area (Å²) >= 11 is 0. The molecule has 0 aromatic heterocycles. The molecule has 0 bridgehead atoms. The van der Waals surface area contributed by atoms with Gasteiger partial charge >= 0.3 is 15.2 Å². The summed E-state index contributed by atoms with van der Waals surface area (Å²) < 4.78 is 153. The molecule has 0 heterocycles. The van der Waals surface area contributed by atoms with Crippen LogP contribution in [-0.4, -0.2) is 67.1 Å². The third kappa shape index (κ3) is 8.07. The van der Waals surface area contributed by atoms with E-state index in [0.717, 1.165) is 0 Å². The first-order valence-electron chi connectivity index (χ1n) is 10.6. The molecule has 0 atom stereocenters. The number of hydrogen-bond acceptors (Lipinski definition) is 10. The molecule has 10 nitrogen and oxygen atoms in total. The van der Waals surface area contributed by atoms with Crippen LogP contribution in [0.4, 0.5) is 17.6 Å². The van der Waals surface area contributed by atoms with Crippen molar-refractivity contribution in [1.82, 2.24) is 0 Å². The maximum Gasteiger partial charge on any atom is 0.331 e. The van der Waals surface area contributed by atoms with Crippen molar-refractivity contribution in [3.8, 4) is 0 Å². The molecule has 0 fully saturated rings. The van der Waals surface area contributed by atoms with E-state index in [1.807, 2.05) is 0 Å². The van der Waals surface area contributed by atoms with Crippen LogP contribution in [-0.2, 0) is 46.9 Å². The SMILES string of the molecule is CCOP(=O)(CCS(=O)(=O)c1c(F)c(F)c(S(=O)(=O)CCP(=O)(OCC)OCC)c(F)c1F)OCC. The zero-order valence-electron chi connectivity index (χ0n) is 20.0. The van der Waals surface area contributed by atoms with Crippen LogP contribution in [0.3, 0.4) is 0 Å². The summed E-state index contributed by atoms with van der Waals surface area (Å²) in [6, 6.07) is 0. The number of sulfone groups is 2. The van der Waals surface area contributed by atoms with Crippen LogP contribution in [0.1, 0.15) is 27.7 Å². The predicted octanol–water partition coefficient (Wildman–Crippen LogP) is 4.32. The summed E-state index contributed by atoms with van der Waals surface area (Å²) in [4.78, 5) is -4.16. The van der Waals surface area contributed by atoms with Gasteiger partial charge in [0.1, 0.15) is 9.79 Å². The van der Waals surface area contributed by atoms with E-state index in [-0.39, 0.29) is 26.4 Å². The number of benzene rings is 1. The van der Waals surface area contributed by atoms with E-state index >= 15 is 0 Å². The summed E-state index contributed by atoms with van der Waals surface area (Å²) in [5.41, 5.74) is 0. The Morgan fingerprint density at radius 2 is 0.778 bits per heavy atom. The Kier molecular flexibility index (Phi) is 12.2. The van der Waals surface area contributed by atoms with Crippen molar-refractivity contribution >= 4 is 34.9 Å². The lowest BCUT2D eigenvalue weighted by Gasteiger charge is -2.18. The molecule has 0 radical (unpaired) electrons. The topological polar surface area (TPSA) is 139 Å². The zero-order valence-corrected chi connectivity index (χ0v) is 23.4. The van der Waals surface area contributed by atoms with Gasteiger partial charge in [-0.15, -0.1) is 0 Å². The molecule has 0 spiro atoms. The molecular weight excluding hydrogens is 578 g/mol. The fourth-order valence-corrected chi connectivity index (χ4v) is 10.7. The summed E-state index contributed by atoms with van der Waals surface area (Å²) in [7, 11) is -18.4. The van der Waals surface area contributed by atoms with E-state index in [0.29, 0.717) is 0 Å². The van der Waals surface area contributed by atoms with Crippen LogP contribution in [0.25, 0.3) is 0 Å². The van der Waals surface area contributed by atoms with Crippen LogP contribution in [0, 0.1) is 23.3 Å². The van der Waals surface area contributed by atoms with Crippen molar-refractivity contribution in [1.29, 1.82) is 0 Å². The Labute approximate surface area is 207 Å². The first-order chi connectivity index (χ1) is 16.5. The van der Waals surface area contributed by atoms with Crippen LogP contribution < -0.4 is 0 Å². The van der Waals surface area contributed by atoms with Gasteiger partial charge in [-0.05, 0) is 27.7 Å². The summed E-state index contributed by atoms with van der Waals surface area (Å²) in [6.07, 6.45) is -1.80. The molecule has 18 heteroatoms. The van der Waals surface area contributed by atoms with Gasteiger partial charge in [0.25, 0.3) is 0 Å². The molecule has 0 aliphatic carbocycles. The zero-order chi connectivity index (χ0) is 27.9. The maximum absolute atomic E-state index is 14.7. The van der Waals surface area contributed by atoms with Crippen LogP contribution in [0.5, 0.6) is 0 Å². The molecule has 0 saturated carbocycles. The molecular formula is C18H28F4O10P2S2. The van der Waals surface area contributed by atoms with Crippen molar-refractivity contribution in [2.45, 2.75) is 37.5 Å². The van der Waals surface area contributed by atoms with Crippen LogP contribution in [0.2, 0.25) is 0 Å². The fourth-order valence-electron chi connectivity index (χ4n) is 2.93. The average Bonchev–Trinajstić information content (AvgIpc) is 2.76. The minimum Gasteiger partial charge on any atom is -0.309 e. The molecule has 36 heavy (non-hydrogen) atoms. The van der Waals surface area contributed by atoms with E-state index in [4.69, 9.17) is 18.1 Å². The lowest BCUT2D eigenvalue weighted by molar-refractivity contribution is 0.220. The molecule has 0 N–H and O–H groups in total. The molecule has 210 valence electrons.